The van der Waals surface area contributed by atoms with E-state index in [1.807, 2.05) is 79.1 Å². The van der Waals surface area contributed by atoms with Crippen molar-refractivity contribution in [3.05, 3.63) is 117 Å². The van der Waals surface area contributed by atoms with E-state index in [9.17, 15) is 14.4 Å². The van der Waals surface area contributed by atoms with Crippen LogP contribution in [0.25, 0.3) is 11.8 Å². The highest BCUT2D eigenvalue weighted by molar-refractivity contribution is 6.46. The van der Waals surface area contributed by atoms with Crippen molar-refractivity contribution in [3.8, 4) is 11.4 Å². The van der Waals surface area contributed by atoms with Gasteiger partial charge in [-0.25, -0.2) is 9.69 Å². The summed E-state index contributed by atoms with van der Waals surface area (Å²) in [6, 6.07) is 23.2. The smallest absolute Gasteiger partial charge is 0.336 e. The van der Waals surface area contributed by atoms with E-state index in [-0.39, 0.29) is 21.3 Å². The van der Waals surface area contributed by atoms with Crippen LogP contribution in [0.5, 0.6) is 5.75 Å². The zero-order valence-corrected chi connectivity index (χ0v) is 22.6. The number of carbonyl (C=O) groups excluding carboxylic acids is 3. The van der Waals surface area contributed by atoms with Gasteiger partial charge in [-0.1, -0.05) is 59.6 Å². The maximum atomic E-state index is 13.3. The molecule has 1 fully saturated rings. The largest absolute Gasteiger partial charge is 0.489 e. The molecular formula is C30H23Cl2N3O4. The van der Waals surface area contributed by atoms with Crippen LogP contribution in [-0.4, -0.2) is 22.4 Å². The van der Waals surface area contributed by atoms with Crippen LogP contribution in [0.4, 0.5) is 10.5 Å². The Morgan fingerprint density at radius 2 is 1.62 bits per heavy atom. The van der Waals surface area contributed by atoms with Gasteiger partial charge in [0.25, 0.3) is 11.8 Å². The molecule has 39 heavy (non-hydrogen) atoms. The van der Waals surface area contributed by atoms with Gasteiger partial charge >= 0.3 is 6.03 Å². The van der Waals surface area contributed by atoms with Crippen molar-refractivity contribution in [3.63, 3.8) is 0 Å². The highest BCUT2D eigenvalue weighted by atomic mass is 35.5. The Morgan fingerprint density at radius 3 is 2.33 bits per heavy atom. The minimum atomic E-state index is -0.897. The van der Waals surface area contributed by atoms with Gasteiger partial charge in [0.1, 0.15) is 17.9 Å². The maximum absolute atomic E-state index is 13.3. The molecule has 1 aromatic heterocycles. The lowest BCUT2D eigenvalue weighted by molar-refractivity contribution is -0.122. The Bertz CT molecular complexity index is 1630. The minimum Gasteiger partial charge on any atom is -0.489 e. The predicted octanol–water partition coefficient (Wildman–Crippen LogP) is 6.65. The molecule has 5 rings (SSSR count). The lowest BCUT2D eigenvalue weighted by Gasteiger charge is -2.27. The summed E-state index contributed by atoms with van der Waals surface area (Å²) in [6.07, 6.45) is 1.48. The van der Waals surface area contributed by atoms with Crippen LogP contribution in [0.2, 0.25) is 10.0 Å². The molecule has 3 aromatic carbocycles. The Morgan fingerprint density at radius 1 is 0.897 bits per heavy atom. The average Bonchev–Trinajstić information content (AvgIpc) is 3.20. The second-order valence-corrected chi connectivity index (χ2v) is 9.75. The van der Waals surface area contributed by atoms with Crippen LogP contribution in [0.1, 0.15) is 22.5 Å². The first-order chi connectivity index (χ1) is 18.7. The number of rotatable bonds is 6. The minimum absolute atomic E-state index is 0.0331. The second-order valence-electron chi connectivity index (χ2n) is 8.96. The van der Waals surface area contributed by atoms with Crippen molar-refractivity contribution in [1.29, 1.82) is 0 Å². The summed E-state index contributed by atoms with van der Waals surface area (Å²) < 4.78 is 7.90. The number of carbonyl (C=O) groups is 3. The van der Waals surface area contributed by atoms with Gasteiger partial charge < -0.3 is 9.30 Å². The first-order valence-electron chi connectivity index (χ1n) is 12.1. The first-order valence-corrected chi connectivity index (χ1v) is 12.8. The fourth-order valence-corrected chi connectivity index (χ4v) is 4.84. The summed E-state index contributed by atoms with van der Waals surface area (Å²) in [5.41, 5.74) is 4.22. The maximum Gasteiger partial charge on any atom is 0.336 e. The van der Waals surface area contributed by atoms with Crippen LogP contribution in [0.15, 0.2) is 84.4 Å². The molecule has 196 valence electrons. The van der Waals surface area contributed by atoms with E-state index in [1.54, 1.807) is 12.1 Å². The van der Waals surface area contributed by atoms with Crippen LogP contribution in [-0.2, 0) is 16.2 Å². The number of aromatic nitrogens is 1. The standard InChI is InChI=1S/C30H23Cl2N3O4/c1-18-15-21(16-24-28(36)33-30(38)35(29(24)37)26-10-6-9-25(31)27(26)32)19(2)34(18)22-11-13-23(14-12-22)39-17-20-7-4-3-5-8-20/h3-16H,17H2,1-2H3,(H,33,36,38)/b24-16+. The van der Waals surface area contributed by atoms with E-state index in [0.717, 1.165) is 33.3 Å². The Labute approximate surface area is 235 Å². The number of nitrogens with zero attached hydrogens (tertiary/aromatic N) is 2. The van der Waals surface area contributed by atoms with Crippen molar-refractivity contribution in [2.75, 3.05) is 4.90 Å². The van der Waals surface area contributed by atoms with Crippen LogP contribution >= 0.6 is 23.2 Å². The fraction of sp³-hybridized carbons (Fsp3) is 0.100. The van der Waals surface area contributed by atoms with E-state index in [4.69, 9.17) is 27.9 Å². The highest BCUT2D eigenvalue weighted by Gasteiger charge is 2.38. The molecule has 0 spiro atoms. The number of urea groups is 1. The molecular weight excluding hydrogens is 537 g/mol. The fourth-order valence-electron chi connectivity index (χ4n) is 4.46. The molecule has 4 amide bonds. The zero-order valence-electron chi connectivity index (χ0n) is 21.1. The number of nitrogens with one attached hydrogen (secondary N) is 1. The molecule has 1 aliphatic rings. The molecule has 4 aromatic rings. The van der Waals surface area contributed by atoms with Gasteiger partial charge in [0.2, 0.25) is 0 Å². The summed E-state index contributed by atoms with van der Waals surface area (Å²) in [6.45, 7) is 4.29. The predicted molar refractivity (Wildman–Crippen MR) is 151 cm³/mol. The third kappa shape index (κ3) is 5.19. The number of imide groups is 2. The van der Waals surface area contributed by atoms with Crippen molar-refractivity contribution in [2.24, 2.45) is 0 Å². The lowest BCUT2D eigenvalue weighted by atomic mass is 10.1. The molecule has 1 N–H and O–H groups in total. The van der Waals surface area contributed by atoms with E-state index in [1.165, 1.54) is 12.1 Å². The molecule has 0 bridgehead atoms. The number of amides is 4. The van der Waals surface area contributed by atoms with Crippen LogP contribution in [0, 0.1) is 13.8 Å². The molecule has 1 aliphatic heterocycles. The monoisotopic (exact) mass is 559 g/mol. The molecule has 0 saturated carbocycles. The Balaban J connectivity index is 1.42. The van der Waals surface area contributed by atoms with Crippen LogP contribution in [0.3, 0.4) is 0 Å². The summed E-state index contributed by atoms with van der Waals surface area (Å²) in [5.74, 6) is -0.844. The number of barbiturate groups is 1. The second kappa shape index (κ2) is 10.8. The van der Waals surface area contributed by atoms with Gasteiger partial charge in [0, 0.05) is 17.1 Å². The molecule has 1 saturated heterocycles. The van der Waals surface area contributed by atoms with E-state index >= 15 is 0 Å². The van der Waals surface area contributed by atoms with E-state index in [0.29, 0.717) is 12.2 Å². The third-order valence-corrected chi connectivity index (χ3v) is 7.20. The summed E-state index contributed by atoms with van der Waals surface area (Å²) >= 11 is 12.3. The number of benzene rings is 3. The summed E-state index contributed by atoms with van der Waals surface area (Å²) in [7, 11) is 0. The van der Waals surface area contributed by atoms with Gasteiger partial charge in [-0.15, -0.1) is 0 Å². The third-order valence-electron chi connectivity index (χ3n) is 6.39. The summed E-state index contributed by atoms with van der Waals surface area (Å²) in [5, 5.41) is 2.43. The molecule has 0 aliphatic carbocycles. The average molecular weight is 560 g/mol. The van der Waals surface area contributed by atoms with Crippen molar-refractivity contribution >= 4 is 52.8 Å². The normalized spacial score (nSPS) is 14.6. The van der Waals surface area contributed by atoms with E-state index in [2.05, 4.69) is 5.32 Å². The van der Waals surface area contributed by atoms with Gasteiger partial charge in [-0.3, -0.25) is 14.9 Å². The highest BCUT2D eigenvalue weighted by Crippen LogP contribution is 2.34. The number of ether oxygens (including phenoxy) is 1. The molecule has 0 radical (unpaired) electrons. The number of hydrogen-bond acceptors (Lipinski definition) is 4. The number of anilines is 1. The molecule has 9 heteroatoms. The van der Waals surface area contributed by atoms with Gasteiger partial charge in [-0.2, -0.15) is 0 Å². The number of halogens is 2. The van der Waals surface area contributed by atoms with Crippen molar-refractivity contribution < 1.29 is 19.1 Å². The molecule has 0 atom stereocenters. The topological polar surface area (TPSA) is 80.6 Å². The lowest BCUT2D eigenvalue weighted by Crippen LogP contribution is -2.54. The van der Waals surface area contributed by atoms with Gasteiger partial charge in [0.05, 0.1) is 15.7 Å². The van der Waals surface area contributed by atoms with Gasteiger partial charge in [0.15, 0.2) is 0 Å². The molecule has 2 heterocycles. The number of hydrogen-bond donors (Lipinski definition) is 1. The van der Waals surface area contributed by atoms with Crippen LogP contribution < -0.4 is 15.0 Å². The molecule has 7 nitrogen and oxygen atoms in total. The summed E-state index contributed by atoms with van der Waals surface area (Å²) in [4.78, 5) is 39.4. The Hall–Kier alpha value is -4.33. The SMILES string of the molecule is Cc1cc(/C=C2\C(=O)NC(=O)N(c3cccc(Cl)c3Cl)C2=O)c(C)n1-c1ccc(OCc2ccccc2)cc1. The van der Waals surface area contributed by atoms with Crippen molar-refractivity contribution in [2.45, 2.75) is 20.5 Å². The quantitative estimate of drug-likeness (QED) is 0.212. The zero-order chi connectivity index (χ0) is 27.7. The van der Waals surface area contributed by atoms with Gasteiger partial charge in [-0.05, 0) is 73.5 Å². The molecule has 0 unspecified atom stereocenters. The van der Waals surface area contributed by atoms with E-state index < -0.39 is 17.8 Å². The number of aryl methyl sites for hydroxylation is 1. The van der Waals surface area contributed by atoms with Crippen molar-refractivity contribution in [1.82, 2.24) is 9.88 Å². The first kappa shape index (κ1) is 26.3. The Kier molecular flexibility index (Phi) is 7.28.